The monoisotopic (exact) mass is 211 g/mol. The lowest BCUT2D eigenvalue weighted by molar-refractivity contribution is 0.00808. The molecule has 2 heterocycles. The van der Waals surface area contributed by atoms with Crippen molar-refractivity contribution in [1.82, 2.24) is 14.7 Å². The van der Waals surface area contributed by atoms with E-state index in [1.165, 1.54) is 45.4 Å². The first-order valence-electron chi connectivity index (χ1n) is 6.26. The van der Waals surface area contributed by atoms with Crippen molar-refractivity contribution in [2.75, 3.05) is 47.3 Å². The maximum Gasteiger partial charge on any atom is 0.0223 e. The Labute approximate surface area is 94.0 Å². The van der Waals surface area contributed by atoms with Crippen LogP contribution in [0.1, 0.15) is 19.3 Å². The van der Waals surface area contributed by atoms with Crippen LogP contribution in [0.5, 0.6) is 0 Å². The third-order valence-electron chi connectivity index (χ3n) is 4.03. The van der Waals surface area contributed by atoms with Gasteiger partial charge in [0.05, 0.1) is 0 Å². The number of nitrogens with zero attached hydrogens (tertiary/aromatic N) is 3. The van der Waals surface area contributed by atoms with Crippen LogP contribution in [-0.4, -0.2) is 74.1 Å². The Hall–Kier alpha value is -0.120. The molecule has 0 aromatic carbocycles. The van der Waals surface area contributed by atoms with E-state index in [9.17, 15) is 0 Å². The molecule has 3 heteroatoms. The summed E-state index contributed by atoms with van der Waals surface area (Å²) in [6.07, 6.45) is 4.26. The third-order valence-corrected chi connectivity index (χ3v) is 4.03. The van der Waals surface area contributed by atoms with E-state index < -0.39 is 0 Å². The van der Waals surface area contributed by atoms with Gasteiger partial charge in [0.25, 0.3) is 0 Å². The standard InChI is InChI=1S/C12H25N3/c1-13(2)7-8-15-9-11-5-4-6-12(10-15)14(11)3/h11-12H,4-10H2,1-3H3. The van der Waals surface area contributed by atoms with E-state index in [4.69, 9.17) is 0 Å². The van der Waals surface area contributed by atoms with Gasteiger partial charge in [0.2, 0.25) is 0 Å². The Morgan fingerprint density at radius 2 is 1.73 bits per heavy atom. The quantitative estimate of drug-likeness (QED) is 0.681. The Kier molecular flexibility index (Phi) is 3.65. The topological polar surface area (TPSA) is 9.72 Å². The van der Waals surface area contributed by atoms with Crippen LogP contribution in [0, 0.1) is 0 Å². The summed E-state index contributed by atoms with van der Waals surface area (Å²) in [6.45, 7) is 5.03. The average Bonchev–Trinajstić information content (AvgIpc) is 2.15. The molecule has 0 N–H and O–H groups in total. The van der Waals surface area contributed by atoms with Crippen molar-refractivity contribution in [3.05, 3.63) is 0 Å². The first-order chi connectivity index (χ1) is 7.16. The summed E-state index contributed by atoms with van der Waals surface area (Å²) in [5.41, 5.74) is 0. The number of piperazine rings is 1. The van der Waals surface area contributed by atoms with Crippen molar-refractivity contribution in [2.45, 2.75) is 31.3 Å². The molecule has 0 aromatic rings. The minimum atomic E-state index is 0.833. The van der Waals surface area contributed by atoms with Gasteiger partial charge in [-0.1, -0.05) is 6.42 Å². The maximum absolute atomic E-state index is 2.66. The second-order valence-corrected chi connectivity index (χ2v) is 5.47. The van der Waals surface area contributed by atoms with Crippen LogP contribution < -0.4 is 0 Å². The molecule has 2 rings (SSSR count). The third kappa shape index (κ3) is 2.71. The highest BCUT2D eigenvalue weighted by molar-refractivity contribution is 4.91. The molecule has 2 unspecified atom stereocenters. The molecule has 3 nitrogen and oxygen atoms in total. The lowest BCUT2D eigenvalue weighted by Gasteiger charge is -2.48. The van der Waals surface area contributed by atoms with Gasteiger partial charge in [-0.2, -0.15) is 0 Å². The molecule has 2 bridgehead atoms. The largest absolute Gasteiger partial charge is 0.308 e. The van der Waals surface area contributed by atoms with E-state index in [1.54, 1.807) is 0 Å². The lowest BCUT2D eigenvalue weighted by Crippen LogP contribution is -2.59. The predicted molar refractivity (Wildman–Crippen MR) is 64.2 cm³/mol. The van der Waals surface area contributed by atoms with Gasteiger partial charge in [-0.05, 0) is 34.0 Å². The summed E-state index contributed by atoms with van der Waals surface area (Å²) in [6, 6.07) is 1.67. The van der Waals surface area contributed by atoms with Gasteiger partial charge in [0.15, 0.2) is 0 Å². The van der Waals surface area contributed by atoms with Gasteiger partial charge in [-0.15, -0.1) is 0 Å². The van der Waals surface area contributed by atoms with Crippen LogP contribution in [0.3, 0.4) is 0 Å². The fourth-order valence-electron chi connectivity index (χ4n) is 2.93. The molecule has 2 aliphatic heterocycles. The zero-order chi connectivity index (χ0) is 10.8. The summed E-state index contributed by atoms with van der Waals surface area (Å²) >= 11 is 0. The summed E-state index contributed by atoms with van der Waals surface area (Å²) in [5, 5.41) is 0. The first kappa shape index (κ1) is 11.4. The Morgan fingerprint density at radius 1 is 1.13 bits per heavy atom. The minimum Gasteiger partial charge on any atom is -0.308 e. The molecule has 0 radical (unpaired) electrons. The van der Waals surface area contributed by atoms with Crippen molar-refractivity contribution in [3.63, 3.8) is 0 Å². The summed E-state index contributed by atoms with van der Waals surface area (Å²) in [5.74, 6) is 0. The molecule has 2 saturated heterocycles. The van der Waals surface area contributed by atoms with Gasteiger partial charge >= 0.3 is 0 Å². The molecule has 0 aromatic heterocycles. The van der Waals surface area contributed by atoms with Crippen molar-refractivity contribution in [1.29, 1.82) is 0 Å². The van der Waals surface area contributed by atoms with E-state index in [0.29, 0.717) is 0 Å². The van der Waals surface area contributed by atoms with Crippen LogP contribution >= 0.6 is 0 Å². The summed E-state index contributed by atoms with van der Waals surface area (Å²) in [4.78, 5) is 7.57. The number of likely N-dealkylation sites (N-methyl/N-ethyl adjacent to an activating group) is 2. The average molecular weight is 211 g/mol. The minimum absolute atomic E-state index is 0.833. The molecule has 2 atom stereocenters. The van der Waals surface area contributed by atoms with E-state index in [-0.39, 0.29) is 0 Å². The molecule has 0 saturated carbocycles. The molecule has 0 aliphatic carbocycles. The second kappa shape index (κ2) is 4.81. The zero-order valence-corrected chi connectivity index (χ0v) is 10.4. The van der Waals surface area contributed by atoms with Gasteiger partial charge < -0.3 is 4.90 Å². The highest BCUT2D eigenvalue weighted by Gasteiger charge is 2.34. The van der Waals surface area contributed by atoms with Crippen LogP contribution in [-0.2, 0) is 0 Å². The molecule has 0 amide bonds. The van der Waals surface area contributed by atoms with Crippen molar-refractivity contribution in [2.24, 2.45) is 0 Å². The van der Waals surface area contributed by atoms with Crippen molar-refractivity contribution in [3.8, 4) is 0 Å². The summed E-state index contributed by atoms with van der Waals surface area (Å²) in [7, 11) is 6.64. The number of hydrogen-bond acceptors (Lipinski definition) is 3. The van der Waals surface area contributed by atoms with Gasteiger partial charge in [-0.25, -0.2) is 0 Å². The number of fused-ring (bicyclic) bond motifs is 2. The van der Waals surface area contributed by atoms with Crippen molar-refractivity contribution >= 4 is 0 Å². The van der Waals surface area contributed by atoms with E-state index in [1.807, 2.05) is 0 Å². The van der Waals surface area contributed by atoms with Crippen LogP contribution in [0.2, 0.25) is 0 Å². The van der Waals surface area contributed by atoms with Gasteiger partial charge in [0.1, 0.15) is 0 Å². The molecular formula is C12H25N3. The fraction of sp³-hybridized carbons (Fsp3) is 1.00. The molecule has 0 spiro atoms. The van der Waals surface area contributed by atoms with E-state index in [0.717, 1.165) is 12.1 Å². The molecule has 15 heavy (non-hydrogen) atoms. The van der Waals surface area contributed by atoms with Crippen molar-refractivity contribution < 1.29 is 0 Å². The van der Waals surface area contributed by atoms with Crippen LogP contribution in [0.4, 0.5) is 0 Å². The fourth-order valence-corrected chi connectivity index (χ4v) is 2.93. The predicted octanol–water partition coefficient (Wildman–Crippen LogP) is 0.717. The number of hydrogen-bond donors (Lipinski definition) is 0. The van der Waals surface area contributed by atoms with E-state index in [2.05, 4.69) is 35.8 Å². The highest BCUT2D eigenvalue weighted by atomic mass is 15.3. The van der Waals surface area contributed by atoms with Crippen LogP contribution in [0.25, 0.3) is 0 Å². The van der Waals surface area contributed by atoms with E-state index >= 15 is 0 Å². The molecule has 2 aliphatic rings. The smallest absolute Gasteiger partial charge is 0.0223 e. The number of piperidine rings is 1. The lowest BCUT2D eigenvalue weighted by atomic mass is 9.92. The number of likely N-dealkylation sites (tertiary alicyclic amines) is 1. The van der Waals surface area contributed by atoms with Gasteiger partial charge in [0, 0.05) is 38.3 Å². The summed E-state index contributed by atoms with van der Waals surface area (Å²) < 4.78 is 0. The highest BCUT2D eigenvalue weighted by Crippen LogP contribution is 2.26. The maximum atomic E-state index is 2.66. The molecule has 2 fully saturated rings. The SMILES string of the molecule is CN(C)CCN1CC2CCCC(C1)N2C. The Balaban J connectivity index is 1.84. The Bertz CT molecular complexity index is 191. The zero-order valence-electron chi connectivity index (χ0n) is 10.4. The molecular weight excluding hydrogens is 186 g/mol. The molecule has 88 valence electrons. The second-order valence-electron chi connectivity index (χ2n) is 5.47. The first-order valence-corrected chi connectivity index (χ1v) is 6.26. The Morgan fingerprint density at radius 3 is 2.27 bits per heavy atom. The van der Waals surface area contributed by atoms with Crippen LogP contribution in [0.15, 0.2) is 0 Å². The van der Waals surface area contributed by atoms with Gasteiger partial charge in [-0.3, -0.25) is 9.80 Å². The normalized spacial score (nSPS) is 33.6. The number of rotatable bonds is 3.